The minimum Gasteiger partial charge on any atom is -0.291 e. The van der Waals surface area contributed by atoms with Gasteiger partial charge in [-0.3, -0.25) is 4.79 Å². The highest BCUT2D eigenvalue weighted by Gasteiger charge is 1.89. The molecule has 1 aromatic carbocycles. The molecule has 0 aromatic heterocycles. The predicted molar refractivity (Wildman–Crippen MR) is 54.6 cm³/mol. The normalized spacial score (nSPS) is 10.5. The maximum atomic E-state index is 9.87. The van der Waals surface area contributed by atoms with E-state index in [9.17, 15) is 4.79 Å². The second-order valence-electron chi connectivity index (χ2n) is 2.65. The van der Waals surface area contributed by atoms with Crippen LogP contribution in [0.25, 0.3) is 0 Å². The molecule has 2 heteroatoms. The van der Waals surface area contributed by atoms with Crippen molar-refractivity contribution in [3.8, 4) is 0 Å². The molecular weight excluding hydrogens is 184 g/mol. The lowest BCUT2D eigenvalue weighted by molar-refractivity contribution is 0.556. The second-order valence-corrected chi connectivity index (χ2v) is 3.09. The first kappa shape index (κ1) is 10.0. The Labute approximate surface area is 83.0 Å². The van der Waals surface area contributed by atoms with Gasteiger partial charge in [-0.1, -0.05) is 35.9 Å². The van der Waals surface area contributed by atoms with Gasteiger partial charge in [0.25, 0.3) is 0 Å². The molecule has 13 heavy (non-hydrogen) atoms. The Balaban J connectivity index is 2.45. The standard InChI is InChI=1S/C11H10ClO/c12-11-7-5-10(6-8-11)4-2-1-3-9-13/h1-2,5-8H,3-4H2. The van der Waals surface area contributed by atoms with Gasteiger partial charge in [-0.2, -0.15) is 0 Å². The van der Waals surface area contributed by atoms with Gasteiger partial charge >= 0.3 is 0 Å². The van der Waals surface area contributed by atoms with Crippen molar-refractivity contribution in [1.29, 1.82) is 0 Å². The Morgan fingerprint density at radius 1 is 1.23 bits per heavy atom. The summed E-state index contributed by atoms with van der Waals surface area (Å²) in [6, 6.07) is 7.65. The van der Waals surface area contributed by atoms with Crippen LogP contribution in [0.5, 0.6) is 0 Å². The smallest absolute Gasteiger partial charge is 0.202 e. The Morgan fingerprint density at radius 3 is 2.54 bits per heavy atom. The van der Waals surface area contributed by atoms with Crippen LogP contribution >= 0.6 is 11.6 Å². The van der Waals surface area contributed by atoms with Crippen LogP contribution in [0.2, 0.25) is 5.02 Å². The van der Waals surface area contributed by atoms with E-state index in [1.54, 1.807) is 6.29 Å². The van der Waals surface area contributed by atoms with Crippen molar-refractivity contribution in [1.82, 2.24) is 0 Å². The van der Waals surface area contributed by atoms with Crippen LogP contribution in [0, 0.1) is 0 Å². The number of halogens is 1. The molecule has 0 saturated heterocycles. The van der Waals surface area contributed by atoms with Crippen molar-refractivity contribution in [2.75, 3.05) is 0 Å². The van der Waals surface area contributed by atoms with E-state index in [-0.39, 0.29) is 0 Å². The Kier molecular flexibility index (Phi) is 4.27. The quantitative estimate of drug-likeness (QED) is 0.672. The first-order valence-electron chi connectivity index (χ1n) is 4.07. The lowest BCUT2D eigenvalue weighted by Gasteiger charge is -1.95. The number of hydrogen-bond donors (Lipinski definition) is 0. The van der Waals surface area contributed by atoms with E-state index in [0.29, 0.717) is 6.42 Å². The highest BCUT2D eigenvalue weighted by Crippen LogP contribution is 2.10. The Morgan fingerprint density at radius 2 is 1.92 bits per heavy atom. The fourth-order valence-electron chi connectivity index (χ4n) is 0.971. The molecule has 0 heterocycles. The third kappa shape index (κ3) is 3.90. The van der Waals surface area contributed by atoms with Gasteiger partial charge < -0.3 is 0 Å². The second kappa shape index (κ2) is 5.55. The van der Waals surface area contributed by atoms with Crippen LogP contribution in [-0.2, 0) is 11.2 Å². The lowest BCUT2D eigenvalue weighted by atomic mass is 10.1. The summed E-state index contributed by atoms with van der Waals surface area (Å²) < 4.78 is 0. The summed E-state index contributed by atoms with van der Waals surface area (Å²) in [6.45, 7) is 0. The molecule has 67 valence electrons. The number of benzene rings is 1. The average Bonchev–Trinajstić information content (AvgIpc) is 2.15. The summed E-state index contributed by atoms with van der Waals surface area (Å²) in [7, 11) is 0. The van der Waals surface area contributed by atoms with Crippen LogP contribution < -0.4 is 0 Å². The van der Waals surface area contributed by atoms with Crippen molar-refractivity contribution >= 4 is 17.9 Å². The Hall–Kier alpha value is -1.08. The number of hydrogen-bond acceptors (Lipinski definition) is 1. The summed E-state index contributed by atoms with van der Waals surface area (Å²) in [5, 5.41) is 0.744. The van der Waals surface area contributed by atoms with E-state index >= 15 is 0 Å². The monoisotopic (exact) mass is 193 g/mol. The van der Waals surface area contributed by atoms with Crippen LogP contribution in [-0.4, -0.2) is 6.29 Å². The summed E-state index contributed by atoms with van der Waals surface area (Å²) >= 11 is 5.73. The molecule has 0 saturated carbocycles. The van der Waals surface area contributed by atoms with E-state index in [4.69, 9.17) is 11.6 Å². The highest BCUT2D eigenvalue weighted by atomic mass is 35.5. The Bertz CT molecular complexity index is 287. The molecule has 0 aliphatic carbocycles. The average molecular weight is 194 g/mol. The molecule has 0 bridgehead atoms. The molecule has 0 N–H and O–H groups in total. The van der Waals surface area contributed by atoms with Crippen LogP contribution in [0.3, 0.4) is 0 Å². The van der Waals surface area contributed by atoms with E-state index in [0.717, 1.165) is 11.4 Å². The summed E-state index contributed by atoms with van der Waals surface area (Å²) in [4.78, 5) is 9.87. The van der Waals surface area contributed by atoms with Gasteiger partial charge in [-0.25, -0.2) is 0 Å². The van der Waals surface area contributed by atoms with Gasteiger partial charge in [0.05, 0.1) is 0 Å². The van der Waals surface area contributed by atoms with Crippen LogP contribution in [0.1, 0.15) is 12.0 Å². The lowest BCUT2D eigenvalue weighted by Crippen LogP contribution is -1.79. The molecular formula is C11H10ClO. The van der Waals surface area contributed by atoms with E-state index < -0.39 is 0 Å². The van der Waals surface area contributed by atoms with Crippen molar-refractivity contribution in [3.63, 3.8) is 0 Å². The molecule has 0 aliphatic rings. The molecule has 0 spiro atoms. The zero-order valence-corrected chi connectivity index (χ0v) is 7.92. The minimum atomic E-state index is 0.369. The van der Waals surface area contributed by atoms with E-state index in [2.05, 4.69) is 0 Å². The molecule has 1 aromatic rings. The summed E-state index contributed by atoms with van der Waals surface area (Å²) in [6.07, 6.45) is 6.77. The third-order valence-electron chi connectivity index (χ3n) is 1.63. The minimum absolute atomic E-state index is 0.369. The molecule has 1 nitrogen and oxygen atoms in total. The number of allylic oxidation sites excluding steroid dienone is 2. The molecule has 0 aliphatic heterocycles. The zero-order chi connectivity index (χ0) is 9.52. The van der Waals surface area contributed by atoms with Crippen molar-refractivity contribution in [2.45, 2.75) is 12.8 Å². The topological polar surface area (TPSA) is 17.1 Å². The van der Waals surface area contributed by atoms with Gasteiger partial charge in [-0.05, 0) is 24.1 Å². The molecule has 1 rings (SSSR count). The first-order valence-corrected chi connectivity index (χ1v) is 4.45. The number of carbonyl (C=O) groups excluding carboxylic acids is 1. The van der Waals surface area contributed by atoms with Gasteiger partial charge in [0, 0.05) is 11.4 Å². The fourth-order valence-corrected chi connectivity index (χ4v) is 1.10. The van der Waals surface area contributed by atoms with Crippen molar-refractivity contribution in [2.24, 2.45) is 0 Å². The predicted octanol–water partition coefficient (Wildman–Crippen LogP) is 2.94. The SMILES string of the molecule is O=[C]CC=CCc1ccc(Cl)cc1. The van der Waals surface area contributed by atoms with Crippen LogP contribution in [0.4, 0.5) is 0 Å². The summed E-state index contributed by atoms with van der Waals surface area (Å²) in [5.41, 5.74) is 1.19. The molecule has 0 fully saturated rings. The molecule has 0 atom stereocenters. The number of rotatable bonds is 4. The first-order chi connectivity index (χ1) is 6.33. The zero-order valence-electron chi connectivity index (χ0n) is 7.16. The summed E-state index contributed by atoms with van der Waals surface area (Å²) in [5.74, 6) is 0. The largest absolute Gasteiger partial charge is 0.291 e. The third-order valence-corrected chi connectivity index (χ3v) is 1.89. The van der Waals surface area contributed by atoms with Gasteiger partial charge in [-0.15, -0.1) is 0 Å². The van der Waals surface area contributed by atoms with Gasteiger partial charge in [0.2, 0.25) is 6.29 Å². The van der Waals surface area contributed by atoms with E-state index in [1.165, 1.54) is 5.56 Å². The van der Waals surface area contributed by atoms with Crippen molar-refractivity contribution in [3.05, 3.63) is 47.0 Å². The molecule has 1 radical (unpaired) electrons. The molecule has 0 amide bonds. The van der Waals surface area contributed by atoms with Crippen molar-refractivity contribution < 1.29 is 4.79 Å². The molecule has 0 unspecified atom stereocenters. The van der Waals surface area contributed by atoms with Gasteiger partial charge in [0.15, 0.2) is 0 Å². The highest BCUT2D eigenvalue weighted by molar-refractivity contribution is 6.30. The van der Waals surface area contributed by atoms with Gasteiger partial charge in [0.1, 0.15) is 0 Å². The van der Waals surface area contributed by atoms with E-state index in [1.807, 2.05) is 36.4 Å². The fraction of sp³-hybridized carbons (Fsp3) is 0.182. The van der Waals surface area contributed by atoms with Crippen LogP contribution in [0.15, 0.2) is 36.4 Å². The maximum Gasteiger partial charge on any atom is 0.202 e. The maximum absolute atomic E-state index is 9.87.